The monoisotopic (exact) mass is 445 g/mol. The summed E-state index contributed by atoms with van der Waals surface area (Å²) in [5.41, 5.74) is 3.97. The van der Waals surface area contributed by atoms with Gasteiger partial charge < -0.3 is 14.2 Å². The van der Waals surface area contributed by atoms with Crippen LogP contribution in [0.15, 0.2) is 72.8 Å². The van der Waals surface area contributed by atoms with E-state index in [1.165, 1.54) is 0 Å². The van der Waals surface area contributed by atoms with Crippen molar-refractivity contribution in [1.82, 2.24) is 9.55 Å². The van der Waals surface area contributed by atoms with Crippen molar-refractivity contribution in [3.05, 3.63) is 89.2 Å². The van der Waals surface area contributed by atoms with Crippen LogP contribution in [0.25, 0.3) is 11.0 Å². The van der Waals surface area contributed by atoms with Crippen molar-refractivity contribution >= 4 is 34.2 Å². The molecule has 1 amide bonds. The Morgan fingerprint density at radius 3 is 2.59 bits per heavy atom. The molecule has 1 aliphatic heterocycles. The number of carbonyl (C=O) groups excluding carboxylic acids is 1. The van der Waals surface area contributed by atoms with Gasteiger partial charge in [-0.05, 0) is 48.9 Å². The molecule has 0 spiro atoms. The second kappa shape index (κ2) is 8.67. The molecule has 0 radical (unpaired) electrons. The van der Waals surface area contributed by atoms with Crippen molar-refractivity contribution in [3.8, 4) is 5.75 Å². The molecule has 2 heterocycles. The SMILES string of the molecule is CCOc1ccccc1N1CC(c2nc3ccccc3n2Cc2ccc(Cl)cc2)CC1=O. The summed E-state index contributed by atoms with van der Waals surface area (Å²) in [5, 5.41) is 0.717. The summed E-state index contributed by atoms with van der Waals surface area (Å²) < 4.78 is 8.00. The van der Waals surface area contributed by atoms with Crippen molar-refractivity contribution in [2.45, 2.75) is 25.8 Å². The Morgan fingerprint density at radius 1 is 1.03 bits per heavy atom. The van der Waals surface area contributed by atoms with E-state index in [0.717, 1.165) is 38.9 Å². The van der Waals surface area contributed by atoms with E-state index in [2.05, 4.69) is 10.6 Å². The minimum absolute atomic E-state index is 0.00289. The number of nitrogens with zero attached hydrogens (tertiary/aromatic N) is 3. The topological polar surface area (TPSA) is 47.4 Å². The van der Waals surface area contributed by atoms with Gasteiger partial charge in [-0.1, -0.05) is 48.0 Å². The van der Waals surface area contributed by atoms with E-state index in [1.807, 2.05) is 78.6 Å². The summed E-state index contributed by atoms with van der Waals surface area (Å²) in [6.45, 7) is 3.75. The summed E-state index contributed by atoms with van der Waals surface area (Å²) in [5.74, 6) is 1.76. The lowest BCUT2D eigenvalue weighted by atomic mass is 10.1. The first-order valence-electron chi connectivity index (χ1n) is 10.9. The second-order valence-corrected chi connectivity index (χ2v) is 8.41. The van der Waals surface area contributed by atoms with Crippen LogP contribution in [0.2, 0.25) is 5.02 Å². The lowest BCUT2D eigenvalue weighted by Crippen LogP contribution is -2.25. The molecule has 162 valence electrons. The molecule has 3 aromatic carbocycles. The number of para-hydroxylation sites is 4. The molecule has 5 rings (SSSR count). The van der Waals surface area contributed by atoms with E-state index in [-0.39, 0.29) is 11.8 Å². The fraction of sp³-hybridized carbons (Fsp3) is 0.231. The standard InChI is InChI=1S/C26H24ClN3O2/c1-2-32-24-10-6-5-9-23(24)29-17-19(15-25(29)31)26-28-21-7-3-4-8-22(21)30(26)16-18-11-13-20(27)14-12-18/h3-14,19H,2,15-17H2,1H3. The molecular weight excluding hydrogens is 422 g/mol. The molecule has 0 aliphatic carbocycles. The van der Waals surface area contributed by atoms with Crippen molar-refractivity contribution in [1.29, 1.82) is 0 Å². The Hall–Kier alpha value is -3.31. The number of benzene rings is 3. The Kier molecular flexibility index (Phi) is 5.58. The number of rotatable bonds is 6. The minimum atomic E-state index is -0.00289. The fourth-order valence-electron chi connectivity index (χ4n) is 4.42. The Morgan fingerprint density at radius 2 is 1.78 bits per heavy atom. The van der Waals surface area contributed by atoms with Crippen molar-refractivity contribution in [3.63, 3.8) is 0 Å². The number of fused-ring (bicyclic) bond motifs is 1. The lowest BCUT2D eigenvalue weighted by Gasteiger charge is -2.20. The normalized spacial score (nSPS) is 16.1. The van der Waals surface area contributed by atoms with E-state index >= 15 is 0 Å². The van der Waals surface area contributed by atoms with Crippen molar-refractivity contribution in [2.24, 2.45) is 0 Å². The smallest absolute Gasteiger partial charge is 0.227 e. The van der Waals surface area contributed by atoms with Crippen LogP contribution in [0.4, 0.5) is 5.69 Å². The molecule has 5 nitrogen and oxygen atoms in total. The maximum Gasteiger partial charge on any atom is 0.227 e. The van der Waals surface area contributed by atoms with Gasteiger partial charge in [-0.15, -0.1) is 0 Å². The zero-order valence-corrected chi connectivity index (χ0v) is 18.6. The molecule has 1 aliphatic rings. The maximum absolute atomic E-state index is 13.1. The quantitative estimate of drug-likeness (QED) is 0.385. The maximum atomic E-state index is 13.1. The highest BCUT2D eigenvalue weighted by molar-refractivity contribution is 6.30. The third-order valence-electron chi connectivity index (χ3n) is 5.88. The molecule has 1 aromatic heterocycles. The first-order valence-corrected chi connectivity index (χ1v) is 11.2. The van der Waals surface area contributed by atoms with Gasteiger partial charge in [-0.2, -0.15) is 0 Å². The van der Waals surface area contributed by atoms with Crippen LogP contribution in [0.1, 0.15) is 30.7 Å². The minimum Gasteiger partial charge on any atom is -0.492 e. The molecule has 1 unspecified atom stereocenters. The number of anilines is 1. The van der Waals surface area contributed by atoms with Crippen LogP contribution < -0.4 is 9.64 Å². The van der Waals surface area contributed by atoms with E-state index in [4.69, 9.17) is 21.3 Å². The average molecular weight is 446 g/mol. The number of imidazole rings is 1. The molecule has 0 N–H and O–H groups in total. The number of carbonyl (C=O) groups is 1. The van der Waals surface area contributed by atoms with Crippen molar-refractivity contribution in [2.75, 3.05) is 18.1 Å². The average Bonchev–Trinajstić information content (AvgIpc) is 3.36. The summed E-state index contributed by atoms with van der Waals surface area (Å²) in [6.07, 6.45) is 0.421. The summed E-state index contributed by atoms with van der Waals surface area (Å²) >= 11 is 6.08. The first-order chi connectivity index (χ1) is 15.6. The molecular formula is C26H24ClN3O2. The molecule has 1 fully saturated rings. The second-order valence-electron chi connectivity index (χ2n) is 7.98. The highest BCUT2D eigenvalue weighted by Crippen LogP contribution is 2.37. The van der Waals surface area contributed by atoms with Gasteiger partial charge in [0.25, 0.3) is 0 Å². The Bertz CT molecular complexity index is 1270. The van der Waals surface area contributed by atoms with Gasteiger partial charge in [-0.25, -0.2) is 4.98 Å². The lowest BCUT2D eigenvalue weighted by molar-refractivity contribution is -0.117. The van der Waals surface area contributed by atoms with Crippen molar-refractivity contribution < 1.29 is 9.53 Å². The number of amides is 1. The van der Waals surface area contributed by atoms with E-state index in [0.29, 0.717) is 26.1 Å². The molecule has 1 saturated heterocycles. The zero-order chi connectivity index (χ0) is 22.1. The molecule has 1 atom stereocenters. The number of hydrogen-bond donors (Lipinski definition) is 0. The molecule has 6 heteroatoms. The molecule has 4 aromatic rings. The van der Waals surface area contributed by atoms with Crippen LogP contribution in [0.5, 0.6) is 5.75 Å². The Balaban J connectivity index is 1.51. The van der Waals surface area contributed by atoms with Gasteiger partial charge in [0.15, 0.2) is 0 Å². The predicted octanol–water partition coefficient (Wildman–Crippen LogP) is 5.66. The third-order valence-corrected chi connectivity index (χ3v) is 6.14. The van der Waals surface area contributed by atoms with Crippen LogP contribution in [0.3, 0.4) is 0 Å². The third kappa shape index (κ3) is 3.84. The van der Waals surface area contributed by atoms with Gasteiger partial charge >= 0.3 is 0 Å². The number of hydrogen-bond acceptors (Lipinski definition) is 3. The van der Waals surface area contributed by atoms with Crippen LogP contribution in [-0.2, 0) is 11.3 Å². The van der Waals surface area contributed by atoms with E-state index in [9.17, 15) is 4.79 Å². The molecule has 0 bridgehead atoms. The van der Waals surface area contributed by atoms with Gasteiger partial charge in [0.1, 0.15) is 11.6 Å². The number of ether oxygens (including phenoxy) is 1. The van der Waals surface area contributed by atoms with Crippen LogP contribution in [0, 0.1) is 0 Å². The molecule has 32 heavy (non-hydrogen) atoms. The van der Waals surface area contributed by atoms with E-state index in [1.54, 1.807) is 0 Å². The largest absolute Gasteiger partial charge is 0.492 e. The fourth-order valence-corrected chi connectivity index (χ4v) is 4.54. The number of halogens is 1. The van der Waals surface area contributed by atoms with Crippen LogP contribution in [-0.4, -0.2) is 28.6 Å². The van der Waals surface area contributed by atoms with Gasteiger partial charge in [0.05, 0.1) is 23.3 Å². The van der Waals surface area contributed by atoms with Gasteiger partial charge in [0, 0.05) is 30.5 Å². The highest BCUT2D eigenvalue weighted by atomic mass is 35.5. The van der Waals surface area contributed by atoms with Gasteiger partial charge in [0.2, 0.25) is 5.91 Å². The van der Waals surface area contributed by atoms with Crippen LogP contribution >= 0.6 is 11.6 Å². The molecule has 0 saturated carbocycles. The zero-order valence-electron chi connectivity index (χ0n) is 17.9. The summed E-state index contributed by atoms with van der Waals surface area (Å²) in [7, 11) is 0. The summed E-state index contributed by atoms with van der Waals surface area (Å²) in [4.78, 5) is 19.8. The predicted molar refractivity (Wildman–Crippen MR) is 128 cm³/mol. The first kappa shape index (κ1) is 20.6. The Labute approximate surface area is 192 Å². The number of aromatic nitrogens is 2. The highest BCUT2D eigenvalue weighted by Gasteiger charge is 2.36. The summed E-state index contributed by atoms with van der Waals surface area (Å²) in [6, 6.07) is 23.7. The van der Waals surface area contributed by atoms with Gasteiger partial charge in [-0.3, -0.25) is 4.79 Å². The van der Waals surface area contributed by atoms with E-state index < -0.39 is 0 Å².